The molecule has 0 saturated carbocycles. The van der Waals surface area contributed by atoms with Gasteiger partial charge in [-0.25, -0.2) is 4.79 Å². The SMILES string of the molecule is COCc1cc(C(C)OC(=O)Nc2cccc(C(F)(F)F)c2)on1. The minimum Gasteiger partial charge on any atom is -0.438 e. The van der Waals surface area contributed by atoms with E-state index >= 15 is 0 Å². The van der Waals surface area contributed by atoms with Crippen LogP contribution in [-0.4, -0.2) is 18.4 Å². The number of benzene rings is 1. The van der Waals surface area contributed by atoms with E-state index in [4.69, 9.17) is 14.0 Å². The molecule has 130 valence electrons. The Morgan fingerprint density at radius 3 is 2.79 bits per heavy atom. The van der Waals surface area contributed by atoms with E-state index in [0.29, 0.717) is 11.5 Å². The first-order chi connectivity index (χ1) is 11.3. The summed E-state index contributed by atoms with van der Waals surface area (Å²) in [6, 6.07) is 5.80. The van der Waals surface area contributed by atoms with Crippen LogP contribution in [-0.2, 0) is 22.3 Å². The molecule has 2 rings (SSSR count). The fourth-order valence-electron chi connectivity index (χ4n) is 1.87. The van der Waals surface area contributed by atoms with Crippen LogP contribution in [0.2, 0.25) is 0 Å². The molecular weight excluding hydrogens is 329 g/mol. The summed E-state index contributed by atoms with van der Waals surface area (Å²) in [7, 11) is 1.50. The van der Waals surface area contributed by atoms with Crippen molar-refractivity contribution in [3.8, 4) is 0 Å². The standard InChI is InChI=1S/C15H15F3N2O4/c1-9(13-7-12(8-22-2)20-24-13)23-14(21)19-11-5-3-4-10(6-11)15(16,17)18/h3-7,9H,8H2,1-2H3,(H,19,21). The lowest BCUT2D eigenvalue weighted by molar-refractivity contribution is -0.137. The lowest BCUT2D eigenvalue weighted by atomic mass is 10.2. The summed E-state index contributed by atoms with van der Waals surface area (Å²) in [6.07, 6.45) is -6.17. The Hall–Kier alpha value is -2.55. The maximum absolute atomic E-state index is 12.6. The molecule has 0 saturated heterocycles. The second-order valence-corrected chi connectivity index (χ2v) is 4.90. The van der Waals surface area contributed by atoms with E-state index < -0.39 is 23.9 Å². The van der Waals surface area contributed by atoms with Crippen molar-refractivity contribution in [2.24, 2.45) is 0 Å². The van der Waals surface area contributed by atoms with Crippen molar-refractivity contribution in [1.29, 1.82) is 0 Å². The van der Waals surface area contributed by atoms with Crippen LogP contribution >= 0.6 is 0 Å². The summed E-state index contributed by atoms with van der Waals surface area (Å²) in [5, 5.41) is 5.96. The van der Waals surface area contributed by atoms with E-state index in [1.807, 2.05) is 0 Å². The normalized spacial score (nSPS) is 12.7. The van der Waals surface area contributed by atoms with Crippen molar-refractivity contribution in [2.45, 2.75) is 25.8 Å². The molecule has 1 atom stereocenters. The molecule has 24 heavy (non-hydrogen) atoms. The van der Waals surface area contributed by atoms with Crippen molar-refractivity contribution < 1.29 is 32.0 Å². The average Bonchev–Trinajstić information content (AvgIpc) is 2.95. The molecule has 1 aromatic carbocycles. The van der Waals surface area contributed by atoms with E-state index in [0.717, 1.165) is 12.1 Å². The summed E-state index contributed by atoms with van der Waals surface area (Å²) >= 11 is 0. The predicted molar refractivity (Wildman–Crippen MR) is 77.2 cm³/mol. The number of rotatable bonds is 5. The highest BCUT2D eigenvalue weighted by Crippen LogP contribution is 2.30. The van der Waals surface area contributed by atoms with Gasteiger partial charge in [0.05, 0.1) is 12.2 Å². The van der Waals surface area contributed by atoms with Crippen molar-refractivity contribution >= 4 is 11.8 Å². The van der Waals surface area contributed by atoms with Crippen LogP contribution in [0.5, 0.6) is 0 Å². The molecule has 9 heteroatoms. The second kappa shape index (κ2) is 7.35. The number of methoxy groups -OCH3 is 1. The number of carbonyl (C=O) groups excluding carboxylic acids is 1. The molecule has 0 fully saturated rings. The minimum absolute atomic E-state index is 0.0281. The molecule has 0 bridgehead atoms. The van der Waals surface area contributed by atoms with Crippen molar-refractivity contribution in [3.63, 3.8) is 0 Å². The van der Waals surface area contributed by atoms with Crippen LogP contribution in [0.15, 0.2) is 34.9 Å². The molecule has 6 nitrogen and oxygen atoms in total. The van der Waals surface area contributed by atoms with Gasteiger partial charge in [0.2, 0.25) is 0 Å². The fraction of sp³-hybridized carbons (Fsp3) is 0.333. The third-order valence-electron chi connectivity index (χ3n) is 2.99. The van der Waals surface area contributed by atoms with Gasteiger partial charge in [0, 0.05) is 18.9 Å². The summed E-state index contributed by atoms with van der Waals surface area (Å²) in [4.78, 5) is 11.8. The van der Waals surface area contributed by atoms with Gasteiger partial charge in [0.25, 0.3) is 0 Å². The van der Waals surface area contributed by atoms with E-state index in [1.54, 1.807) is 13.0 Å². The van der Waals surface area contributed by atoms with Gasteiger partial charge in [0.1, 0.15) is 5.69 Å². The van der Waals surface area contributed by atoms with Crippen molar-refractivity contribution in [3.05, 3.63) is 47.3 Å². The van der Waals surface area contributed by atoms with Crippen molar-refractivity contribution in [2.75, 3.05) is 12.4 Å². The molecule has 0 spiro atoms. The first kappa shape index (κ1) is 17.8. The zero-order valence-corrected chi connectivity index (χ0v) is 12.9. The van der Waals surface area contributed by atoms with Gasteiger partial charge in [-0.15, -0.1) is 0 Å². The largest absolute Gasteiger partial charge is 0.438 e. The maximum atomic E-state index is 12.6. The number of nitrogens with zero attached hydrogens (tertiary/aromatic N) is 1. The Morgan fingerprint density at radius 2 is 2.12 bits per heavy atom. The number of alkyl halides is 3. The van der Waals surface area contributed by atoms with E-state index in [-0.39, 0.29) is 12.3 Å². The Labute approximate surface area is 135 Å². The molecule has 1 heterocycles. The van der Waals surface area contributed by atoms with Gasteiger partial charge in [-0.2, -0.15) is 13.2 Å². The number of amides is 1. The molecule has 0 radical (unpaired) electrons. The maximum Gasteiger partial charge on any atom is 0.416 e. The Bertz CT molecular complexity index is 700. The number of aromatic nitrogens is 1. The van der Waals surface area contributed by atoms with Crippen LogP contribution in [0, 0.1) is 0 Å². The number of carbonyl (C=O) groups is 1. The molecule has 1 amide bonds. The Kier molecular flexibility index (Phi) is 5.45. The van der Waals surface area contributed by atoms with Crippen LogP contribution in [0.1, 0.15) is 30.0 Å². The van der Waals surface area contributed by atoms with Crippen LogP contribution in [0.4, 0.5) is 23.7 Å². The number of hydrogen-bond donors (Lipinski definition) is 1. The highest BCUT2D eigenvalue weighted by molar-refractivity contribution is 5.84. The molecule has 1 N–H and O–H groups in total. The highest BCUT2D eigenvalue weighted by atomic mass is 19.4. The summed E-state index contributed by atoms with van der Waals surface area (Å²) in [6.45, 7) is 1.79. The second-order valence-electron chi connectivity index (χ2n) is 4.90. The van der Waals surface area contributed by atoms with E-state index in [1.165, 1.54) is 19.2 Å². The molecule has 0 aliphatic carbocycles. The first-order valence-electron chi connectivity index (χ1n) is 6.89. The van der Waals surface area contributed by atoms with Crippen LogP contribution in [0.25, 0.3) is 0 Å². The molecule has 1 aromatic heterocycles. The van der Waals surface area contributed by atoms with Crippen LogP contribution in [0.3, 0.4) is 0 Å². The van der Waals surface area contributed by atoms with Gasteiger partial charge in [-0.05, 0) is 25.1 Å². The number of anilines is 1. The Balaban J connectivity index is 1.97. The quantitative estimate of drug-likeness (QED) is 0.882. The number of nitrogens with one attached hydrogen (secondary N) is 1. The van der Waals surface area contributed by atoms with Gasteiger partial charge in [0.15, 0.2) is 11.9 Å². The molecule has 1 unspecified atom stereocenters. The predicted octanol–water partition coefficient (Wildman–Crippen LogP) is 4.15. The lowest BCUT2D eigenvalue weighted by Gasteiger charge is -2.12. The average molecular weight is 344 g/mol. The number of ether oxygens (including phenoxy) is 2. The summed E-state index contributed by atoms with van der Waals surface area (Å²) in [5.74, 6) is 0.293. The fourth-order valence-corrected chi connectivity index (χ4v) is 1.87. The summed E-state index contributed by atoms with van der Waals surface area (Å²) < 4.78 is 52.8. The van der Waals surface area contributed by atoms with Gasteiger partial charge < -0.3 is 14.0 Å². The lowest BCUT2D eigenvalue weighted by Crippen LogP contribution is -2.16. The number of halogens is 3. The first-order valence-corrected chi connectivity index (χ1v) is 6.89. The van der Waals surface area contributed by atoms with Gasteiger partial charge in [-0.3, -0.25) is 5.32 Å². The van der Waals surface area contributed by atoms with Crippen molar-refractivity contribution in [1.82, 2.24) is 5.16 Å². The highest BCUT2D eigenvalue weighted by Gasteiger charge is 2.30. The number of hydrogen-bond acceptors (Lipinski definition) is 5. The zero-order chi connectivity index (χ0) is 17.7. The Morgan fingerprint density at radius 1 is 1.38 bits per heavy atom. The smallest absolute Gasteiger partial charge is 0.416 e. The molecular formula is C15H15F3N2O4. The van der Waals surface area contributed by atoms with E-state index in [2.05, 4.69) is 10.5 Å². The molecule has 2 aromatic rings. The monoisotopic (exact) mass is 344 g/mol. The third-order valence-corrected chi connectivity index (χ3v) is 2.99. The zero-order valence-electron chi connectivity index (χ0n) is 12.9. The van der Waals surface area contributed by atoms with E-state index in [9.17, 15) is 18.0 Å². The summed E-state index contributed by atoms with van der Waals surface area (Å²) in [5.41, 5.74) is -0.367. The minimum atomic E-state index is -4.49. The van der Waals surface area contributed by atoms with Crippen LogP contribution < -0.4 is 5.32 Å². The molecule has 0 aliphatic rings. The topological polar surface area (TPSA) is 73.6 Å². The van der Waals surface area contributed by atoms with Gasteiger partial charge in [-0.1, -0.05) is 11.2 Å². The molecule has 0 aliphatic heterocycles. The third kappa shape index (κ3) is 4.72. The van der Waals surface area contributed by atoms with Gasteiger partial charge >= 0.3 is 12.3 Å².